The van der Waals surface area contributed by atoms with Gasteiger partial charge in [0.25, 0.3) is 0 Å². The van der Waals surface area contributed by atoms with Crippen molar-refractivity contribution < 1.29 is 19.1 Å². The fourth-order valence-corrected chi connectivity index (χ4v) is 1.53. The molecule has 1 aromatic heterocycles. The molecule has 5 heteroatoms. The predicted molar refractivity (Wildman–Crippen MR) is 65.7 cm³/mol. The summed E-state index contributed by atoms with van der Waals surface area (Å²) in [5.41, 5.74) is 0.304. The number of carboxylic acid groups (broad SMARTS) is 1. The Morgan fingerprint density at radius 2 is 2.22 bits per heavy atom. The molecule has 0 atom stereocenters. The van der Waals surface area contributed by atoms with Crippen LogP contribution in [0.15, 0.2) is 39.7 Å². The van der Waals surface area contributed by atoms with E-state index in [9.17, 15) is 9.59 Å². The van der Waals surface area contributed by atoms with E-state index in [2.05, 4.69) is 0 Å². The first kappa shape index (κ1) is 11.9. The lowest BCUT2D eigenvalue weighted by molar-refractivity contribution is -0.131. The molecule has 1 heterocycles. The van der Waals surface area contributed by atoms with E-state index in [4.69, 9.17) is 14.3 Å². The Hall–Kier alpha value is -2.56. The van der Waals surface area contributed by atoms with Gasteiger partial charge in [0.15, 0.2) is 5.43 Å². The maximum absolute atomic E-state index is 12.0. The van der Waals surface area contributed by atoms with Crippen molar-refractivity contribution in [3.63, 3.8) is 0 Å². The summed E-state index contributed by atoms with van der Waals surface area (Å²) in [6, 6.07) is 4.82. The van der Waals surface area contributed by atoms with Gasteiger partial charge in [0, 0.05) is 12.1 Å². The van der Waals surface area contributed by atoms with E-state index >= 15 is 0 Å². The number of hydrogen-bond donors (Lipinski definition) is 1. The summed E-state index contributed by atoms with van der Waals surface area (Å²) in [7, 11) is 1.52. The van der Waals surface area contributed by atoms with Crippen molar-refractivity contribution in [2.45, 2.75) is 0 Å². The van der Waals surface area contributed by atoms with E-state index in [1.807, 2.05) is 0 Å². The van der Waals surface area contributed by atoms with Crippen molar-refractivity contribution in [3.8, 4) is 5.75 Å². The maximum Gasteiger partial charge on any atom is 0.328 e. The van der Waals surface area contributed by atoms with Gasteiger partial charge >= 0.3 is 5.97 Å². The Labute approximate surface area is 102 Å². The van der Waals surface area contributed by atoms with Gasteiger partial charge in [-0.25, -0.2) is 4.79 Å². The van der Waals surface area contributed by atoms with Crippen LogP contribution in [0.4, 0.5) is 0 Å². The third kappa shape index (κ3) is 2.24. The number of carbonyl (C=O) groups is 1. The number of rotatable bonds is 3. The Bertz CT molecular complexity index is 681. The first-order valence-electron chi connectivity index (χ1n) is 5.12. The highest BCUT2D eigenvalue weighted by molar-refractivity contribution is 5.86. The van der Waals surface area contributed by atoms with Crippen molar-refractivity contribution in [2.24, 2.45) is 0 Å². The summed E-state index contributed by atoms with van der Waals surface area (Å²) >= 11 is 0. The zero-order chi connectivity index (χ0) is 13.1. The first-order chi connectivity index (χ1) is 8.61. The molecule has 0 unspecified atom stereocenters. The van der Waals surface area contributed by atoms with Gasteiger partial charge in [-0.3, -0.25) is 4.79 Å². The molecule has 0 aliphatic heterocycles. The molecule has 5 nitrogen and oxygen atoms in total. The SMILES string of the molecule is COc1ccc2c(=O)c(C=CC(=O)O)coc2c1. The van der Waals surface area contributed by atoms with Crippen LogP contribution in [0.1, 0.15) is 5.56 Å². The fraction of sp³-hybridized carbons (Fsp3) is 0.0769. The number of hydrogen-bond acceptors (Lipinski definition) is 4. The normalized spacial score (nSPS) is 10.9. The molecular weight excluding hydrogens is 236 g/mol. The van der Waals surface area contributed by atoms with Crippen LogP contribution < -0.4 is 10.2 Å². The third-order valence-electron chi connectivity index (χ3n) is 2.41. The van der Waals surface area contributed by atoms with Gasteiger partial charge in [0.05, 0.1) is 18.1 Å². The highest BCUT2D eigenvalue weighted by Gasteiger charge is 2.06. The van der Waals surface area contributed by atoms with Gasteiger partial charge < -0.3 is 14.3 Å². The molecule has 1 N–H and O–H groups in total. The molecule has 92 valence electrons. The maximum atomic E-state index is 12.0. The standard InChI is InChI=1S/C13H10O5/c1-17-9-3-4-10-11(6-9)18-7-8(13(10)16)2-5-12(14)15/h2-7H,1H3,(H,14,15). The van der Waals surface area contributed by atoms with Crippen LogP contribution in [0.3, 0.4) is 0 Å². The van der Waals surface area contributed by atoms with Crippen LogP contribution >= 0.6 is 0 Å². The Morgan fingerprint density at radius 3 is 2.89 bits per heavy atom. The highest BCUT2D eigenvalue weighted by Crippen LogP contribution is 2.18. The van der Waals surface area contributed by atoms with Gasteiger partial charge in [0.1, 0.15) is 17.6 Å². The molecular formula is C13H10O5. The zero-order valence-corrected chi connectivity index (χ0v) is 9.54. The second-order valence-corrected chi connectivity index (χ2v) is 3.55. The number of aliphatic carboxylic acids is 1. The monoisotopic (exact) mass is 246 g/mol. The minimum atomic E-state index is -1.12. The molecule has 0 saturated heterocycles. The van der Waals surface area contributed by atoms with Crippen LogP contribution in [0.25, 0.3) is 17.0 Å². The molecule has 0 fully saturated rings. The smallest absolute Gasteiger partial charge is 0.328 e. The fourth-order valence-electron chi connectivity index (χ4n) is 1.53. The minimum Gasteiger partial charge on any atom is -0.497 e. The predicted octanol–water partition coefficient (Wildman–Crippen LogP) is 1.90. The van der Waals surface area contributed by atoms with Crippen LogP contribution in [0.5, 0.6) is 5.75 Å². The van der Waals surface area contributed by atoms with Crippen molar-refractivity contribution >= 4 is 23.0 Å². The Morgan fingerprint density at radius 1 is 1.44 bits per heavy atom. The average Bonchev–Trinajstić information content (AvgIpc) is 2.37. The summed E-state index contributed by atoms with van der Waals surface area (Å²) in [5, 5.41) is 8.89. The van der Waals surface area contributed by atoms with Gasteiger partial charge in [-0.05, 0) is 18.2 Å². The Balaban J connectivity index is 2.58. The largest absolute Gasteiger partial charge is 0.497 e. The summed E-state index contributed by atoms with van der Waals surface area (Å²) < 4.78 is 10.3. The number of benzene rings is 1. The summed E-state index contributed by atoms with van der Waals surface area (Å²) in [4.78, 5) is 22.4. The summed E-state index contributed by atoms with van der Waals surface area (Å²) in [5.74, 6) is -0.538. The van der Waals surface area contributed by atoms with Gasteiger partial charge in [-0.2, -0.15) is 0 Å². The molecule has 18 heavy (non-hydrogen) atoms. The molecule has 0 aliphatic carbocycles. The van der Waals surface area contributed by atoms with Crippen molar-refractivity contribution in [1.82, 2.24) is 0 Å². The lowest BCUT2D eigenvalue weighted by Crippen LogP contribution is -2.05. The van der Waals surface area contributed by atoms with Crippen LogP contribution in [0.2, 0.25) is 0 Å². The molecule has 0 bridgehead atoms. The quantitative estimate of drug-likeness (QED) is 0.837. The van der Waals surface area contributed by atoms with Crippen molar-refractivity contribution in [2.75, 3.05) is 7.11 Å². The van der Waals surface area contributed by atoms with Crippen LogP contribution in [0, 0.1) is 0 Å². The lowest BCUT2D eigenvalue weighted by atomic mass is 10.1. The molecule has 2 rings (SSSR count). The molecule has 1 aromatic carbocycles. The van der Waals surface area contributed by atoms with E-state index in [1.165, 1.54) is 19.4 Å². The summed E-state index contributed by atoms with van der Waals surface area (Å²) in [6.07, 6.45) is 3.32. The lowest BCUT2D eigenvalue weighted by Gasteiger charge is -2.01. The van der Waals surface area contributed by atoms with E-state index in [0.29, 0.717) is 16.7 Å². The van der Waals surface area contributed by atoms with E-state index in [0.717, 1.165) is 6.08 Å². The average molecular weight is 246 g/mol. The zero-order valence-electron chi connectivity index (χ0n) is 9.54. The van der Waals surface area contributed by atoms with E-state index in [1.54, 1.807) is 18.2 Å². The minimum absolute atomic E-state index is 0.190. The number of carboxylic acids is 1. The first-order valence-corrected chi connectivity index (χ1v) is 5.12. The second kappa shape index (κ2) is 4.75. The molecule has 0 amide bonds. The molecule has 2 aromatic rings. The van der Waals surface area contributed by atoms with Crippen LogP contribution in [-0.2, 0) is 4.79 Å². The van der Waals surface area contributed by atoms with Gasteiger partial charge in [-0.15, -0.1) is 0 Å². The van der Waals surface area contributed by atoms with Gasteiger partial charge in [-0.1, -0.05) is 0 Å². The number of fused-ring (bicyclic) bond motifs is 1. The molecule has 0 spiro atoms. The highest BCUT2D eigenvalue weighted by atomic mass is 16.5. The van der Waals surface area contributed by atoms with Crippen molar-refractivity contribution in [1.29, 1.82) is 0 Å². The number of methoxy groups -OCH3 is 1. The van der Waals surface area contributed by atoms with Crippen molar-refractivity contribution in [3.05, 3.63) is 46.3 Å². The second-order valence-electron chi connectivity index (χ2n) is 3.55. The van der Waals surface area contributed by atoms with E-state index in [-0.39, 0.29) is 11.0 Å². The van der Waals surface area contributed by atoms with Gasteiger partial charge in [0.2, 0.25) is 0 Å². The van der Waals surface area contributed by atoms with Crippen LogP contribution in [-0.4, -0.2) is 18.2 Å². The Kier molecular flexibility index (Phi) is 3.14. The number of ether oxygens (including phenoxy) is 1. The van der Waals surface area contributed by atoms with E-state index < -0.39 is 5.97 Å². The molecule has 0 saturated carbocycles. The molecule has 0 radical (unpaired) electrons. The summed E-state index contributed by atoms with van der Waals surface area (Å²) in [6.45, 7) is 0. The molecule has 0 aliphatic rings. The topological polar surface area (TPSA) is 76.7 Å². The third-order valence-corrected chi connectivity index (χ3v) is 2.41.